The van der Waals surface area contributed by atoms with Crippen LogP contribution in [0.2, 0.25) is 10.0 Å². The molecule has 3 aromatic rings. The molecule has 1 aliphatic heterocycles. The maximum atomic E-state index is 13.1. The molecule has 0 radical (unpaired) electrons. The van der Waals surface area contributed by atoms with Gasteiger partial charge in [0.05, 0.1) is 10.6 Å². The number of hydrogen-bond donors (Lipinski definition) is 2. The third-order valence-electron chi connectivity index (χ3n) is 5.40. The summed E-state index contributed by atoms with van der Waals surface area (Å²) in [7, 11) is 0. The highest BCUT2D eigenvalue weighted by Gasteiger charge is 2.35. The highest BCUT2D eigenvalue weighted by Crippen LogP contribution is 2.27. The van der Waals surface area contributed by atoms with Crippen LogP contribution < -0.4 is 10.6 Å². The highest BCUT2D eigenvalue weighted by atomic mass is 35.5. The molecule has 3 aromatic carbocycles. The number of benzene rings is 3. The fourth-order valence-corrected chi connectivity index (χ4v) is 4.16. The van der Waals surface area contributed by atoms with E-state index in [2.05, 4.69) is 10.6 Å². The predicted molar refractivity (Wildman–Crippen MR) is 130 cm³/mol. The Hall–Kier alpha value is -3.35. The van der Waals surface area contributed by atoms with Gasteiger partial charge >= 0.3 is 0 Å². The lowest BCUT2D eigenvalue weighted by atomic mass is 10.1. The van der Waals surface area contributed by atoms with Crippen molar-refractivity contribution < 1.29 is 14.4 Å². The summed E-state index contributed by atoms with van der Waals surface area (Å²) in [6, 6.07) is 19.8. The Morgan fingerprint density at radius 3 is 2.33 bits per heavy atom. The van der Waals surface area contributed by atoms with E-state index >= 15 is 0 Å². The van der Waals surface area contributed by atoms with Gasteiger partial charge in [-0.1, -0.05) is 47.5 Å². The largest absolute Gasteiger partial charge is 0.327 e. The smallest absolute Gasteiger partial charge is 0.256 e. The zero-order valence-corrected chi connectivity index (χ0v) is 19.1. The summed E-state index contributed by atoms with van der Waals surface area (Å²) in [5.41, 5.74) is 1.87. The van der Waals surface area contributed by atoms with E-state index < -0.39 is 6.04 Å². The van der Waals surface area contributed by atoms with Crippen molar-refractivity contribution in [3.8, 4) is 0 Å². The second-order valence-electron chi connectivity index (χ2n) is 7.67. The summed E-state index contributed by atoms with van der Waals surface area (Å²) in [6.07, 6.45) is 1.25. The minimum absolute atomic E-state index is 0.245. The maximum Gasteiger partial charge on any atom is 0.256 e. The van der Waals surface area contributed by atoms with Crippen LogP contribution >= 0.6 is 23.2 Å². The molecule has 0 spiro atoms. The van der Waals surface area contributed by atoms with Crippen molar-refractivity contribution in [2.24, 2.45) is 0 Å². The van der Waals surface area contributed by atoms with Gasteiger partial charge in [-0.3, -0.25) is 14.4 Å². The summed E-state index contributed by atoms with van der Waals surface area (Å²) in [4.78, 5) is 40.0. The molecule has 0 saturated carbocycles. The van der Waals surface area contributed by atoms with Crippen molar-refractivity contribution in [2.75, 3.05) is 17.2 Å². The molecule has 168 valence electrons. The van der Waals surface area contributed by atoms with Crippen LogP contribution in [-0.2, 0) is 4.79 Å². The second-order valence-corrected chi connectivity index (χ2v) is 8.51. The number of anilines is 2. The summed E-state index contributed by atoms with van der Waals surface area (Å²) in [6.45, 7) is 0.451. The van der Waals surface area contributed by atoms with E-state index in [4.69, 9.17) is 23.2 Å². The summed E-state index contributed by atoms with van der Waals surface area (Å²) in [5.74, 6) is -0.875. The molecule has 2 N–H and O–H groups in total. The third kappa shape index (κ3) is 5.35. The summed E-state index contributed by atoms with van der Waals surface area (Å²) < 4.78 is 0. The minimum Gasteiger partial charge on any atom is -0.327 e. The molecule has 1 atom stereocenters. The van der Waals surface area contributed by atoms with Crippen LogP contribution in [0.5, 0.6) is 0 Å². The van der Waals surface area contributed by atoms with E-state index in [9.17, 15) is 14.4 Å². The number of nitrogens with one attached hydrogen (secondary N) is 2. The molecule has 1 unspecified atom stereocenters. The lowest BCUT2D eigenvalue weighted by molar-refractivity contribution is -0.119. The van der Waals surface area contributed by atoms with Crippen LogP contribution in [0.15, 0.2) is 72.8 Å². The molecular formula is C25H21Cl2N3O3. The molecule has 0 aromatic heterocycles. The van der Waals surface area contributed by atoms with Crippen LogP contribution in [0.1, 0.15) is 33.6 Å². The quantitative estimate of drug-likeness (QED) is 0.505. The Morgan fingerprint density at radius 2 is 1.58 bits per heavy atom. The molecule has 0 bridgehead atoms. The Bertz CT molecular complexity index is 1200. The van der Waals surface area contributed by atoms with Gasteiger partial charge in [-0.2, -0.15) is 0 Å². The fraction of sp³-hybridized carbons (Fsp3) is 0.160. The number of carbonyl (C=O) groups excluding carboxylic acids is 3. The molecular weight excluding hydrogens is 461 g/mol. The molecule has 1 saturated heterocycles. The van der Waals surface area contributed by atoms with Gasteiger partial charge < -0.3 is 15.5 Å². The van der Waals surface area contributed by atoms with Crippen molar-refractivity contribution in [1.29, 1.82) is 0 Å². The van der Waals surface area contributed by atoms with E-state index in [1.54, 1.807) is 60.7 Å². The van der Waals surface area contributed by atoms with Gasteiger partial charge in [-0.05, 0) is 61.4 Å². The topological polar surface area (TPSA) is 78.5 Å². The Morgan fingerprint density at radius 1 is 0.848 bits per heavy atom. The van der Waals surface area contributed by atoms with Gasteiger partial charge in [0.25, 0.3) is 11.8 Å². The lowest BCUT2D eigenvalue weighted by Gasteiger charge is -2.24. The predicted octanol–water partition coefficient (Wildman–Crippen LogP) is 5.49. The average Bonchev–Trinajstić information content (AvgIpc) is 3.31. The molecule has 4 rings (SSSR count). The number of amides is 3. The molecule has 1 aliphatic rings. The molecule has 6 nitrogen and oxygen atoms in total. The second kappa shape index (κ2) is 10.1. The maximum absolute atomic E-state index is 13.1. The van der Waals surface area contributed by atoms with Crippen molar-refractivity contribution >= 4 is 52.3 Å². The number of likely N-dealkylation sites (tertiary alicyclic amines) is 1. The standard InChI is InChI=1S/C25H21Cl2N3O3/c26-17-11-12-21(27)20(14-17)25(33)30-13-5-10-22(30)24(32)29-19-9-4-8-18(15-19)28-23(31)16-6-2-1-3-7-16/h1-4,6-9,11-12,14-15,22H,5,10,13H2,(H,28,31)(H,29,32). The van der Waals surface area contributed by atoms with Gasteiger partial charge in [-0.25, -0.2) is 0 Å². The van der Waals surface area contributed by atoms with Crippen LogP contribution in [0, 0.1) is 0 Å². The first-order chi connectivity index (χ1) is 15.9. The number of halogens is 2. The molecule has 3 amide bonds. The van der Waals surface area contributed by atoms with Gasteiger partial charge in [0.15, 0.2) is 0 Å². The molecule has 1 heterocycles. The average molecular weight is 482 g/mol. The first-order valence-electron chi connectivity index (χ1n) is 10.5. The van der Waals surface area contributed by atoms with Gasteiger partial charge in [-0.15, -0.1) is 0 Å². The van der Waals surface area contributed by atoms with E-state index in [0.29, 0.717) is 41.3 Å². The van der Waals surface area contributed by atoms with Gasteiger partial charge in [0, 0.05) is 28.5 Å². The Labute approximate surface area is 201 Å². The molecule has 0 aliphatic carbocycles. The van der Waals surface area contributed by atoms with E-state index in [1.165, 1.54) is 11.0 Å². The summed E-state index contributed by atoms with van der Waals surface area (Å²) in [5, 5.41) is 6.37. The Balaban J connectivity index is 1.45. The zero-order chi connectivity index (χ0) is 23.4. The number of carbonyl (C=O) groups is 3. The van der Waals surface area contributed by atoms with Crippen molar-refractivity contribution in [1.82, 2.24) is 4.90 Å². The van der Waals surface area contributed by atoms with Crippen molar-refractivity contribution in [3.05, 3.63) is 94.0 Å². The number of rotatable bonds is 5. The molecule has 8 heteroatoms. The number of nitrogens with zero attached hydrogens (tertiary/aromatic N) is 1. The first kappa shape index (κ1) is 22.8. The number of hydrogen-bond acceptors (Lipinski definition) is 3. The van der Waals surface area contributed by atoms with Crippen LogP contribution in [0.25, 0.3) is 0 Å². The highest BCUT2D eigenvalue weighted by molar-refractivity contribution is 6.35. The van der Waals surface area contributed by atoms with Crippen LogP contribution in [-0.4, -0.2) is 35.2 Å². The lowest BCUT2D eigenvalue weighted by Crippen LogP contribution is -2.43. The monoisotopic (exact) mass is 481 g/mol. The van der Waals surface area contributed by atoms with Gasteiger partial charge in [0.2, 0.25) is 5.91 Å². The third-order valence-corrected chi connectivity index (χ3v) is 5.96. The normalized spacial score (nSPS) is 15.2. The molecule has 33 heavy (non-hydrogen) atoms. The zero-order valence-electron chi connectivity index (χ0n) is 17.6. The van der Waals surface area contributed by atoms with Crippen molar-refractivity contribution in [2.45, 2.75) is 18.9 Å². The first-order valence-corrected chi connectivity index (χ1v) is 11.2. The summed E-state index contributed by atoms with van der Waals surface area (Å²) >= 11 is 12.2. The van der Waals surface area contributed by atoms with Crippen LogP contribution in [0.4, 0.5) is 11.4 Å². The van der Waals surface area contributed by atoms with Gasteiger partial charge in [0.1, 0.15) is 6.04 Å². The Kier molecular flexibility index (Phi) is 6.96. The van der Waals surface area contributed by atoms with Crippen molar-refractivity contribution in [3.63, 3.8) is 0 Å². The SMILES string of the molecule is O=C(Nc1cccc(NC(=O)C2CCCN2C(=O)c2cc(Cl)ccc2Cl)c1)c1ccccc1. The van der Waals surface area contributed by atoms with E-state index in [-0.39, 0.29) is 28.3 Å². The van der Waals surface area contributed by atoms with Crippen LogP contribution in [0.3, 0.4) is 0 Å². The fourth-order valence-electron chi connectivity index (χ4n) is 3.79. The van der Waals surface area contributed by atoms with E-state index in [0.717, 1.165) is 0 Å². The van der Waals surface area contributed by atoms with E-state index in [1.807, 2.05) is 6.07 Å². The molecule has 1 fully saturated rings. The minimum atomic E-state index is -0.630.